The molecular formula is C56H105NO11S. The maximum Gasteiger partial charge on any atom is 0.397 e. The van der Waals surface area contributed by atoms with Crippen LogP contribution in [0.4, 0.5) is 0 Å². The van der Waals surface area contributed by atoms with Gasteiger partial charge in [0.25, 0.3) is 0 Å². The number of carbonyl (C=O) groups is 1. The monoisotopic (exact) mass is 1000 g/mol. The lowest BCUT2D eigenvalue weighted by Gasteiger charge is -2.41. The second kappa shape index (κ2) is 46.1. The van der Waals surface area contributed by atoms with Crippen molar-refractivity contribution in [3.8, 4) is 0 Å². The molecule has 1 rings (SSSR count). The largest absolute Gasteiger partial charge is 0.397 e. The molecule has 1 fully saturated rings. The fourth-order valence-electron chi connectivity index (χ4n) is 9.02. The normalized spacial score (nSPS) is 19.9. The Kier molecular flexibility index (Phi) is 43.7. The second-order valence-corrected chi connectivity index (χ2v) is 20.9. The number of ether oxygens (including phenoxy) is 2. The van der Waals surface area contributed by atoms with E-state index in [9.17, 15) is 38.2 Å². The van der Waals surface area contributed by atoms with Gasteiger partial charge in [-0.3, -0.25) is 9.35 Å². The number of nitrogens with one attached hydrogen (secondary N) is 1. The lowest BCUT2D eigenvalue weighted by atomic mass is 9.99. The van der Waals surface area contributed by atoms with Gasteiger partial charge in [-0.05, 0) is 51.4 Å². The number of amides is 1. The standard InChI is InChI=1S/C56H105NO11S/c1-3-5-7-9-11-13-15-17-19-21-22-23-24-25-26-27-28-30-32-34-36-38-40-42-44-46-52(60)57-49(48-66-56-54(62)55(68-69(63,64)65)53(61)51(47-58)67-56)50(59)45-43-41-39-37-35-33-31-29-20-18-16-14-12-10-8-6-4-2/h22-23,25-26,43,45,49-51,53-56,58-59,61-62H,3-21,24,27-42,44,46-48H2,1-2H3,(H,57,60)(H,63,64,65)/b23-22-,26-25-,45-43+. The molecule has 6 N–H and O–H groups in total. The molecule has 0 bridgehead atoms. The zero-order valence-corrected chi connectivity index (χ0v) is 44.7. The van der Waals surface area contributed by atoms with E-state index in [1.165, 1.54) is 180 Å². The highest BCUT2D eigenvalue weighted by molar-refractivity contribution is 7.80. The number of unbranched alkanes of at least 4 members (excludes halogenated alkanes) is 33. The maximum atomic E-state index is 13.1. The SMILES string of the molecule is CCCCCCCCCCC/C=C\C/C=C\CCCCCCCCCCCC(=O)NC(COC1OC(CO)C(O)C(OS(=O)(=O)O)C1O)C(O)/C=C/CCCCCCCCCCCCCCCCC. The smallest absolute Gasteiger partial charge is 0.394 e. The first-order chi connectivity index (χ1) is 33.5. The van der Waals surface area contributed by atoms with Crippen molar-refractivity contribution < 1.29 is 51.8 Å². The van der Waals surface area contributed by atoms with Gasteiger partial charge in [0.05, 0.1) is 25.4 Å². The topological polar surface area (TPSA) is 192 Å². The van der Waals surface area contributed by atoms with Gasteiger partial charge in [0.1, 0.15) is 24.4 Å². The minimum absolute atomic E-state index is 0.264. The molecule has 406 valence electrons. The Morgan fingerprint density at radius 1 is 0.580 bits per heavy atom. The van der Waals surface area contributed by atoms with Crippen LogP contribution in [0.3, 0.4) is 0 Å². The van der Waals surface area contributed by atoms with E-state index in [1.807, 2.05) is 6.08 Å². The van der Waals surface area contributed by atoms with Crippen LogP contribution < -0.4 is 5.32 Å². The molecule has 0 aromatic rings. The summed E-state index contributed by atoms with van der Waals surface area (Å²) < 4.78 is 47.8. The minimum Gasteiger partial charge on any atom is -0.394 e. The van der Waals surface area contributed by atoms with E-state index in [0.717, 1.165) is 51.4 Å². The van der Waals surface area contributed by atoms with E-state index in [0.29, 0.717) is 6.42 Å². The number of aliphatic hydroxyl groups is 4. The van der Waals surface area contributed by atoms with Crippen molar-refractivity contribution in [3.63, 3.8) is 0 Å². The average Bonchev–Trinajstić information content (AvgIpc) is 3.32. The van der Waals surface area contributed by atoms with Crippen molar-refractivity contribution in [1.82, 2.24) is 5.32 Å². The van der Waals surface area contributed by atoms with Crippen LogP contribution in [0.1, 0.15) is 258 Å². The zero-order valence-electron chi connectivity index (χ0n) is 43.9. The van der Waals surface area contributed by atoms with Crippen LogP contribution >= 0.6 is 0 Å². The highest BCUT2D eigenvalue weighted by Crippen LogP contribution is 2.26. The second-order valence-electron chi connectivity index (χ2n) is 19.9. The molecule has 13 heteroatoms. The fourth-order valence-corrected chi connectivity index (χ4v) is 9.52. The summed E-state index contributed by atoms with van der Waals surface area (Å²) >= 11 is 0. The highest BCUT2D eigenvalue weighted by Gasteiger charge is 2.48. The van der Waals surface area contributed by atoms with Gasteiger partial charge in [-0.1, -0.05) is 237 Å². The molecule has 12 nitrogen and oxygen atoms in total. The molecule has 0 spiro atoms. The van der Waals surface area contributed by atoms with Gasteiger partial charge in [0.15, 0.2) is 6.29 Å². The molecule has 0 saturated carbocycles. The van der Waals surface area contributed by atoms with E-state index < -0.39 is 59.9 Å². The van der Waals surface area contributed by atoms with Crippen LogP contribution in [-0.4, -0.2) is 95.4 Å². The predicted octanol–water partition coefficient (Wildman–Crippen LogP) is 13.0. The molecule has 1 amide bonds. The van der Waals surface area contributed by atoms with E-state index in [-0.39, 0.29) is 18.9 Å². The molecule has 0 aliphatic carbocycles. The molecule has 1 saturated heterocycles. The van der Waals surface area contributed by atoms with Gasteiger partial charge >= 0.3 is 10.4 Å². The van der Waals surface area contributed by atoms with Gasteiger partial charge in [-0.25, -0.2) is 4.18 Å². The van der Waals surface area contributed by atoms with Crippen LogP contribution in [0.25, 0.3) is 0 Å². The van der Waals surface area contributed by atoms with Crippen LogP contribution in [0.2, 0.25) is 0 Å². The summed E-state index contributed by atoms with van der Waals surface area (Å²) in [5.74, 6) is -0.265. The summed E-state index contributed by atoms with van der Waals surface area (Å²) in [6.07, 6.45) is 49.0. The molecule has 7 unspecified atom stereocenters. The van der Waals surface area contributed by atoms with Crippen LogP contribution in [0, 0.1) is 0 Å². The van der Waals surface area contributed by atoms with Crippen LogP contribution in [0.15, 0.2) is 36.5 Å². The molecule has 1 aliphatic heterocycles. The molecule has 0 aromatic heterocycles. The van der Waals surface area contributed by atoms with Crippen LogP contribution in [0.5, 0.6) is 0 Å². The van der Waals surface area contributed by atoms with E-state index in [4.69, 9.17) is 9.47 Å². The lowest BCUT2D eigenvalue weighted by Crippen LogP contribution is -2.61. The van der Waals surface area contributed by atoms with E-state index in [2.05, 4.69) is 47.7 Å². The first-order valence-corrected chi connectivity index (χ1v) is 29.7. The van der Waals surface area contributed by atoms with E-state index in [1.54, 1.807) is 6.08 Å². The van der Waals surface area contributed by atoms with Crippen molar-refractivity contribution in [3.05, 3.63) is 36.5 Å². The molecule has 7 atom stereocenters. The van der Waals surface area contributed by atoms with E-state index >= 15 is 0 Å². The van der Waals surface area contributed by atoms with Gasteiger partial charge < -0.3 is 35.2 Å². The van der Waals surface area contributed by atoms with Crippen molar-refractivity contribution >= 4 is 16.3 Å². The molecule has 0 radical (unpaired) electrons. The Hall–Kier alpha value is -1.68. The molecule has 69 heavy (non-hydrogen) atoms. The molecule has 1 heterocycles. The highest BCUT2D eigenvalue weighted by atomic mass is 32.3. The number of aliphatic hydroxyl groups excluding tert-OH is 4. The van der Waals surface area contributed by atoms with Gasteiger partial charge in [0, 0.05) is 6.42 Å². The first kappa shape index (κ1) is 65.3. The predicted molar refractivity (Wildman–Crippen MR) is 282 cm³/mol. The third kappa shape index (κ3) is 38.6. The summed E-state index contributed by atoms with van der Waals surface area (Å²) in [5, 5.41) is 44.9. The number of carbonyl (C=O) groups excluding carboxylic acids is 1. The summed E-state index contributed by atoms with van der Waals surface area (Å²) in [6.45, 7) is 3.41. The summed E-state index contributed by atoms with van der Waals surface area (Å²) in [5.41, 5.74) is 0. The molecule has 1 aliphatic rings. The summed E-state index contributed by atoms with van der Waals surface area (Å²) in [4.78, 5) is 13.1. The van der Waals surface area contributed by atoms with Crippen LogP contribution in [-0.2, 0) is 28.9 Å². The molecular weight excluding hydrogens is 895 g/mol. The summed E-state index contributed by atoms with van der Waals surface area (Å²) in [7, 11) is -5.09. The average molecular weight is 1000 g/mol. The number of hydrogen-bond donors (Lipinski definition) is 6. The first-order valence-electron chi connectivity index (χ1n) is 28.4. The Morgan fingerprint density at radius 3 is 1.38 bits per heavy atom. The van der Waals surface area contributed by atoms with Crippen molar-refractivity contribution in [2.75, 3.05) is 13.2 Å². The minimum atomic E-state index is -5.09. The summed E-state index contributed by atoms with van der Waals surface area (Å²) in [6, 6.07) is -0.947. The van der Waals surface area contributed by atoms with Gasteiger partial charge in [-0.15, -0.1) is 0 Å². The quantitative estimate of drug-likeness (QED) is 0.0193. The lowest BCUT2D eigenvalue weighted by molar-refractivity contribution is -0.298. The third-order valence-corrected chi connectivity index (χ3v) is 13.9. The maximum absolute atomic E-state index is 13.1. The number of hydrogen-bond acceptors (Lipinski definition) is 10. The van der Waals surface area contributed by atoms with Crippen molar-refractivity contribution in [2.24, 2.45) is 0 Å². The Bertz CT molecular complexity index is 1360. The van der Waals surface area contributed by atoms with Crippen molar-refractivity contribution in [1.29, 1.82) is 0 Å². The number of allylic oxidation sites excluding steroid dienone is 5. The number of rotatable bonds is 49. The Labute approximate surface area is 422 Å². The third-order valence-electron chi connectivity index (χ3n) is 13.4. The zero-order chi connectivity index (χ0) is 50.5. The Balaban J connectivity index is 2.38. The Morgan fingerprint density at radius 2 is 0.971 bits per heavy atom. The fraction of sp³-hybridized carbons (Fsp3) is 0.875. The van der Waals surface area contributed by atoms with Crippen molar-refractivity contribution in [2.45, 2.75) is 301 Å². The van der Waals surface area contributed by atoms with Gasteiger partial charge in [-0.2, -0.15) is 8.42 Å². The molecule has 0 aromatic carbocycles. The van der Waals surface area contributed by atoms with Gasteiger partial charge in [0.2, 0.25) is 5.91 Å².